The summed E-state index contributed by atoms with van der Waals surface area (Å²) < 4.78 is 1.87. The second-order valence-corrected chi connectivity index (χ2v) is 5.38. The molecule has 1 aromatic heterocycles. The standard InChI is InChI=1S/C16H20N2O/c19-16-15-4-2-1-3-14(15)8-12-18(16)11-7-13-5-9-17-10-6-13/h1-4,8,12-13,17H,5-7,9-11H2. The summed E-state index contributed by atoms with van der Waals surface area (Å²) in [5.74, 6) is 0.764. The number of pyridine rings is 1. The lowest BCUT2D eigenvalue weighted by molar-refractivity contribution is 0.336. The maximum absolute atomic E-state index is 12.4. The van der Waals surface area contributed by atoms with Crippen molar-refractivity contribution in [1.82, 2.24) is 9.88 Å². The minimum absolute atomic E-state index is 0.145. The fourth-order valence-electron chi connectivity index (χ4n) is 2.90. The van der Waals surface area contributed by atoms with E-state index in [0.717, 1.165) is 42.7 Å². The van der Waals surface area contributed by atoms with Crippen LogP contribution in [0.1, 0.15) is 19.3 Å². The van der Waals surface area contributed by atoms with Crippen LogP contribution in [0.15, 0.2) is 41.3 Å². The minimum atomic E-state index is 0.145. The van der Waals surface area contributed by atoms with E-state index in [1.165, 1.54) is 12.8 Å². The topological polar surface area (TPSA) is 34.0 Å². The molecule has 0 amide bonds. The molecular weight excluding hydrogens is 236 g/mol. The zero-order chi connectivity index (χ0) is 13.1. The van der Waals surface area contributed by atoms with Crippen LogP contribution >= 0.6 is 0 Å². The Bertz CT molecular complexity index is 611. The Kier molecular flexibility index (Phi) is 3.65. The Morgan fingerprint density at radius 1 is 1.16 bits per heavy atom. The lowest BCUT2D eigenvalue weighted by Gasteiger charge is -2.22. The van der Waals surface area contributed by atoms with Gasteiger partial charge in [0.2, 0.25) is 0 Å². The van der Waals surface area contributed by atoms with Gasteiger partial charge in [-0.05, 0) is 55.8 Å². The van der Waals surface area contributed by atoms with Gasteiger partial charge in [0.1, 0.15) is 0 Å². The number of hydrogen-bond donors (Lipinski definition) is 1. The highest BCUT2D eigenvalue weighted by atomic mass is 16.1. The number of nitrogens with zero attached hydrogens (tertiary/aromatic N) is 1. The molecule has 0 saturated carbocycles. The number of rotatable bonds is 3. The van der Waals surface area contributed by atoms with Crippen molar-refractivity contribution >= 4 is 10.8 Å². The van der Waals surface area contributed by atoms with Gasteiger partial charge in [-0.3, -0.25) is 4.79 Å². The molecule has 1 aromatic carbocycles. The summed E-state index contributed by atoms with van der Waals surface area (Å²) >= 11 is 0. The highest BCUT2D eigenvalue weighted by Gasteiger charge is 2.13. The van der Waals surface area contributed by atoms with Crippen molar-refractivity contribution in [1.29, 1.82) is 0 Å². The minimum Gasteiger partial charge on any atom is -0.317 e. The van der Waals surface area contributed by atoms with E-state index in [1.807, 2.05) is 41.1 Å². The number of benzene rings is 1. The molecule has 0 atom stereocenters. The third-order valence-corrected chi connectivity index (χ3v) is 4.12. The molecule has 0 radical (unpaired) electrons. The summed E-state index contributed by atoms with van der Waals surface area (Å²) in [4.78, 5) is 12.4. The van der Waals surface area contributed by atoms with Crippen molar-refractivity contribution in [3.05, 3.63) is 46.9 Å². The van der Waals surface area contributed by atoms with Crippen LogP contribution in [-0.2, 0) is 6.54 Å². The van der Waals surface area contributed by atoms with E-state index in [0.29, 0.717) is 0 Å². The molecule has 100 valence electrons. The van der Waals surface area contributed by atoms with Crippen LogP contribution in [0.2, 0.25) is 0 Å². The number of aromatic nitrogens is 1. The van der Waals surface area contributed by atoms with Gasteiger partial charge in [-0.15, -0.1) is 0 Å². The van der Waals surface area contributed by atoms with Gasteiger partial charge >= 0.3 is 0 Å². The molecule has 1 aliphatic rings. The van der Waals surface area contributed by atoms with Gasteiger partial charge in [-0.2, -0.15) is 0 Å². The van der Waals surface area contributed by atoms with Gasteiger partial charge in [0.25, 0.3) is 5.56 Å². The molecule has 1 fully saturated rings. The second-order valence-electron chi connectivity index (χ2n) is 5.38. The Balaban J connectivity index is 1.77. The summed E-state index contributed by atoms with van der Waals surface area (Å²) in [6.45, 7) is 3.09. The predicted molar refractivity (Wildman–Crippen MR) is 78.4 cm³/mol. The molecule has 3 nitrogen and oxygen atoms in total. The van der Waals surface area contributed by atoms with E-state index < -0.39 is 0 Å². The summed E-state index contributed by atoms with van der Waals surface area (Å²) in [7, 11) is 0. The average Bonchev–Trinajstić information content (AvgIpc) is 2.48. The molecule has 0 unspecified atom stereocenters. The van der Waals surface area contributed by atoms with Gasteiger partial charge in [0, 0.05) is 18.1 Å². The lowest BCUT2D eigenvalue weighted by Crippen LogP contribution is -2.29. The van der Waals surface area contributed by atoms with Gasteiger partial charge in [-0.1, -0.05) is 18.2 Å². The van der Waals surface area contributed by atoms with E-state index >= 15 is 0 Å². The molecule has 2 heterocycles. The fraction of sp³-hybridized carbons (Fsp3) is 0.438. The largest absolute Gasteiger partial charge is 0.317 e. The van der Waals surface area contributed by atoms with Crippen LogP contribution in [0, 0.1) is 5.92 Å². The van der Waals surface area contributed by atoms with E-state index in [4.69, 9.17) is 0 Å². The molecule has 1 N–H and O–H groups in total. The van der Waals surface area contributed by atoms with Gasteiger partial charge in [-0.25, -0.2) is 0 Å². The normalized spacial score (nSPS) is 16.8. The maximum Gasteiger partial charge on any atom is 0.258 e. The van der Waals surface area contributed by atoms with Crippen LogP contribution in [0.3, 0.4) is 0 Å². The molecule has 1 aliphatic heterocycles. The number of piperidine rings is 1. The highest BCUT2D eigenvalue weighted by molar-refractivity contribution is 5.81. The smallest absolute Gasteiger partial charge is 0.258 e. The zero-order valence-corrected chi connectivity index (χ0v) is 11.1. The van der Waals surface area contributed by atoms with Crippen LogP contribution in [0.4, 0.5) is 0 Å². The van der Waals surface area contributed by atoms with Crippen molar-refractivity contribution in [2.24, 2.45) is 5.92 Å². The monoisotopic (exact) mass is 256 g/mol. The van der Waals surface area contributed by atoms with Crippen molar-refractivity contribution < 1.29 is 0 Å². The number of nitrogens with one attached hydrogen (secondary N) is 1. The first-order valence-electron chi connectivity index (χ1n) is 7.13. The van der Waals surface area contributed by atoms with Crippen LogP contribution < -0.4 is 10.9 Å². The Hall–Kier alpha value is -1.61. The molecule has 0 bridgehead atoms. The number of hydrogen-bond acceptors (Lipinski definition) is 2. The molecule has 0 spiro atoms. The molecule has 19 heavy (non-hydrogen) atoms. The number of fused-ring (bicyclic) bond motifs is 1. The summed E-state index contributed by atoms with van der Waals surface area (Å²) in [6.07, 6.45) is 5.52. The average molecular weight is 256 g/mol. The van der Waals surface area contributed by atoms with E-state index in [-0.39, 0.29) is 5.56 Å². The van der Waals surface area contributed by atoms with Crippen LogP contribution in [0.5, 0.6) is 0 Å². The molecule has 3 rings (SSSR count). The summed E-state index contributed by atoms with van der Waals surface area (Å²) in [5.41, 5.74) is 0.145. The first kappa shape index (κ1) is 12.4. The predicted octanol–water partition coefficient (Wildman–Crippen LogP) is 2.39. The maximum atomic E-state index is 12.4. The molecule has 1 saturated heterocycles. The Labute approximate surface area is 113 Å². The van der Waals surface area contributed by atoms with E-state index in [9.17, 15) is 4.79 Å². The molecule has 0 aliphatic carbocycles. The summed E-state index contributed by atoms with van der Waals surface area (Å²) in [6, 6.07) is 9.85. The highest BCUT2D eigenvalue weighted by Crippen LogP contribution is 2.16. The van der Waals surface area contributed by atoms with Crippen LogP contribution in [-0.4, -0.2) is 17.7 Å². The lowest BCUT2D eigenvalue weighted by atomic mass is 9.95. The van der Waals surface area contributed by atoms with E-state index in [2.05, 4.69) is 5.32 Å². The fourth-order valence-corrected chi connectivity index (χ4v) is 2.90. The Morgan fingerprint density at radius 2 is 1.95 bits per heavy atom. The third kappa shape index (κ3) is 2.71. The van der Waals surface area contributed by atoms with Crippen LogP contribution in [0.25, 0.3) is 10.8 Å². The summed E-state index contributed by atoms with van der Waals surface area (Å²) in [5, 5.41) is 5.24. The van der Waals surface area contributed by atoms with Gasteiger partial charge < -0.3 is 9.88 Å². The quantitative estimate of drug-likeness (QED) is 0.915. The molecule has 3 heteroatoms. The van der Waals surface area contributed by atoms with Crippen molar-refractivity contribution in [3.8, 4) is 0 Å². The third-order valence-electron chi connectivity index (χ3n) is 4.12. The zero-order valence-electron chi connectivity index (χ0n) is 11.1. The SMILES string of the molecule is O=c1c2ccccc2ccn1CCC1CCNCC1. The Morgan fingerprint density at radius 3 is 2.79 bits per heavy atom. The first-order chi connectivity index (χ1) is 9.34. The van der Waals surface area contributed by atoms with E-state index in [1.54, 1.807) is 0 Å². The van der Waals surface area contributed by atoms with Gasteiger partial charge in [0.05, 0.1) is 0 Å². The van der Waals surface area contributed by atoms with Gasteiger partial charge in [0.15, 0.2) is 0 Å². The second kappa shape index (κ2) is 5.57. The number of aryl methyl sites for hydroxylation is 1. The van der Waals surface area contributed by atoms with Crippen molar-refractivity contribution in [2.75, 3.05) is 13.1 Å². The van der Waals surface area contributed by atoms with Crippen molar-refractivity contribution in [3.63, 3.8) is 0 Å². The molecular formula is C16H20N2O. The molecule has 2 aromatic rings. The first-order valence-corrected chi connectivity index (χ1v) is 7.13. The van der Waals surface area contributed by atoms with Crippen molar-refractivity contribution in [2.45, 2.75) is 25.8 Å².